The number of ether oxygens (including phenoxy) is 3. The van der Waals surface area contributed by atoms with Gasteiger partial charge in [0, 0.05) is 24.9 Å². The van der Waals surface area contributed by atoms with Gasteiger partial charge in [-0.3, -0.25) is 4.79 Å². The molecular weight excluding hydrogens is 522 g/mol. The van der Waals surface area contributed by atoms with Crippen LogP contribution in [0.2, 0.25) is 5.02 Å². The molecule has 5 heterocycles. The summed E-state index contributed by atoms with van der Waals surface area (Å²) in [6.07, 6.45) is -0.230. The van der Waals surface area contributed by atoms with Crippen molar-refractivity contribution in [2.45, 2.75) is 37.3 Å². The van der Waals surface area contributed by atoms with Gasteiger partial charge in [0.15, 0.2) is 11.8 Å². The number of aliphatic hydroxyl groups excluding tert-OH is 1. The van der Waals surface area contributed by atoms with Crippen LogP contribution in [-0.4, -0.2) is 62.3 Å². The highest BCUT2D eigenvalue weighted by atomic mass is 35.5. The van der Waals surface area contributed by atoms with E-state index in [1.165, 1.54) is 22.8 Å². The van der Waals surface area contributed by atoms with E-state index in [0.29, 0.717) is 27.4 Å². The van der Waals surface area contributed by atoms with E-state index >= 15 is 0 Å². The highest BCUT2D eigenvalue weighted by Gasteiger charge is 2.48. The van der Waals surface area contributed by atoms with Crippen molar-refractivity contribution in [3.63, 3.8) is 0 Å². The predicted octanol–water partition coefficient (Wildman–Crippen LogP) is 2.95. The highest BCUT2D eigenvalue weighted by Crippen LogP contribution is 2.31. The molecule has 0 bridgehead atoms. The van der Waals surface area contributed by atoms with Gasteiger partial charge < -0.3 is 28.9 Å². The second-order valence-corrected chi connectivity index (χ2v) is 9.84. The maximum absolute atomic E-state index is 14.9. The second-order valence-electron chi connectivity index (χ2n) is 9.43. The van der Waals surface area contributed by atoms with Crippen LogP contribution in [0.5, 0.6) is 6.01 Å². The van der Waals surface area contributed by atoms with E-state index in [1.54, 1.807) is 25.4 Å². The minimum absolute atomic E-state index is 0.0165. The summed E-state index contributed by atoms with van der Waals surface area (Å²) in [5, 5.41) is 10.2. The fraction of sp³-hybridized carbons (Fsp3) is 0.346. The van der Waals surface area contributed by atoms with Crippen molar-refractivity contribution < 1.29 is 28.1 Å². The molecule has 6 rings (SSSR count). The van der Waals surface area contributed by atoms with E-state index in [2.05, 4.69) is 15.0 Å². The zero-order valence-electron chi connectivity index (χ0n) is 20.2. The molecule has 2 N–H and O–H groups in total. The molecule has 0 saturated carbocycles. The molecule has 2 aliphatic heterocycles. The Morgan fingerprint density at radius 2 is 1.87 bits per heavy atom. The van der Waals surface area contributed by atoms with Gasteiger partial charge in [-0.2, -0.15) is 4.98 Å². The Kier molecular flexibility index (Phi) is 6.39. The molecule has 2 aliphatic rings. The molecule has 9 nitrogen and oxygen atoms in total. The van der Waals surface area contributed by atoms with Gasteiger partial charge in [-0.25, -0.2) is 13.8 Å². The Bertz CT molecular complexity index is 1570. The van der Waals surface area contributed by atoms with E-state index in [-0.39, 0.29) is 48.8 Å². The third-order valence-electron chi connectivity index (χ3n) is 6.91. The normalized spacial score (nSPS) is 22.8. The van der Waals surface area contributed by atoms with E-state index in [0.717, 1.165) is 0 Å². The molecule has 2 fully saturated rings. The van der Waals surface area contributed by atoms with Gasteiger partial charge in [0.25, 0.3) is 11.6 Å². The average molecular weight is 545 g/mol. The van der Waals surface area contributed by atoms with Crippen molar-refractivity contribution in [2.24, 2.45) is 7.05 Å². The van der Waals surface area contributed by atoms with Gasteiger partial charge in [0.2, 0.25) is 0 Å². The van der Waals surface area contributed by atoms with Crippen LogP contribution in [0, 0.1) is 11.6 Å². The summed E-state index contributed by atoms with van der Waals surface area (Å²) in [5.74, 6) is -1.44. The number of hydrogen-bond acceptors (Lipinski definition) is 7. The lowest BCUT2D eigenvalue weighted by Crippen LogP contribution is -2.34. The first-order chi connectivity index (χ1) is 18.3. The zero-order chi connectivity index (χ0) is 26.6. The molecule has 0 aliphatic carbocycles. The third-order valence-corrected chi connectivity index (χ3v) is 7.24. The van der Waals surface area contributed by atoms with Crippen LogP contribution in [0.25, 0.3) is 22.3 Å². The molecule has 12 heteroatoms. The minimum atomic E-state index is -0.718. The van der Waals surface area contributed by atoms with Crippen LogP contribution >= 0.6 is 11.6 Å². The molecule has 1 aromatic carbocycles. The standard InChI is InChI=1S/C26H23ClF2N4O5/c1-33-5-4-12(8-22(33)35)13-6-16(28)14(17(29)7-13)2-3-18-15(27)9-19-25(30-18)32-26(31-19)38-21-11-37-23-20(34)10-36-24(21)23/h4-9,20-21,23-24,34H,2-3,10-11H2,1H3,(H,30,31,32)/t20-,21-,23-,24-/m1/s1. The van der Waals surface area contributed by atoms with E-state index in [1.807, 2.05) is 0 Å². The molecule has 3 aromatic heterocycles. The Hall–Kier alpha value is -3.38. The average Bonchev–Trinajstić information content (AvgIpc) is 3.57. The summed E-state index contributed by atoms with van der Waals surface area (Å²) >= 11 is 6.41. The number of pyridine rings is 2. The third kappa shape index (κ3) is 4.55. The topological polar surface area (TPSA) is 111 Å². The van der Waals surface area contributed by atoms with Crippen molar-refractivity contribution in [3.8, 4) is 17.1 Å². The van der Waals surface area contributed by atoms with Crippen LogP contribution < -0.4 is 10.3 Å². The Morgan fingerprint density at radius 1 is 1.11 bits per heavy atom. The summed E-state index contributed by atoms with van der Waals surface area (Å²) in [6.45, 7) is 0.436. The Balaban J connectivity index is 1.18. The fourth-order valence-electron chi connectivity index (χ4n) is 4.83. The smallest absolute Gasteiger partial charge is 0.296 e. The Labute approximate surface area is 220 Å². The molecule has 0 radical (unpaired) electrons. The molecule has 198 valence electrons. The van der Waals surface area contributed by atoms with Crippen molar-refractivity contribution >= 4 is 22.8 Å². The lowest BCUT2D eigenvalue weighted by atomic mass is 10.0. The maximum atomic E-state index is 14.9. The summed E-state index contributed by atoms with van der Waals surface area (Å²) in [4.78, 5) is 23.7. The number of aromatic amines is 1. The number of benzene rings is 1. The number of aryl methyl sites for hydroxylation is 2. The predicted molar refractivity (Wildman–Crippen MR) is 133 cm³/mol. The number of halogens is 3. The molecule has 2 saturated heterocycles. The van der Waals surface area contributed by atoms with Crippen LogP contribution in [0.4, 0.5) is 8.78 Å². The first kappa shape index (κ1) is 24.9. The first-order valence-corrected chi connectivity index (χ1v) is 12.4. The number of rotatable bonds is 6. The molecule has 0 unspecified atom stereocenters. The van der Waals surface area contributed by atoms with Crippen molar-refractivity contribution in [3.05, 3.63) is 74.8 Å². The summed E-state index contributed by atoms with van der Waals surface area (Å²) in [7, 11) is 1.60. The van der Waals surface area contributed by atoms with Gasteiger partial charge in [0.05, 0.1) is 29.4 Å². The van der Waals surface area contributed by atoms with E-state index in [4.69, 9.17) is 25.8 Å². The summed E-state index contributed by atoms with van der Waals surface area (Å²) < 4.78 is 48.2. The molecule has 4 aromatic rings. The summed E-state index contributed by atoms with van der Waals surface area (Å²) in [6, 6.07) is 7.22. The molecule has 0 spiro atoms. The van der Waals surface area contributed by atoms with Crippen LogP contribution in [-0.2, 0) is 29.4 Å². The summed E-state index contributed by atoms with van der Waals surface area (Å²) in [5.41, 5.74) is 1.63. The number of aliphatic hydroxyl groups is 1. The van der Waals surface area contributed by atoms with Gasteiger partial charge in [-0.05, 0) is 48.2 Å². The van der Waals surface area contributed by atoms with E-state index in [9.17, 15) is 18.7 Å². The van der Waals surface area contributed by atoms with Gasteiger partial charge in [-0.1, -0.05) is 11.6 Å². The number of nitrogens with zero attached hydrogens (tertiary/aromatic N) is 3. The monoisotopic (exact) mass is 544 g/mol. The molecule has 4 atom stereocenters. The number of hydrogen-bond donors (Lipinski definition) is 2. The highest BCUT2D eigenvalue weighted by molar-refractivity contribution is 6.31. The number of fused-ring (bicyclic) bond motifs is 2. The van der Waals surface area contributed by atoms with Gasteiger partial charge in [0.1, 0.15) is 29.9 Å². The van der Waals surface area contributed by atoms with E-state index < -0.39 is 36.1 Å². The fourth-order valence-corrected chi connectivity index (χ4v) is 5.08. The second kappa shape index (κ2) is 9.73. The number of aromatic nitrogens is 4. The number of nitrogens with one attached hydrogen (secondary N) is 1. The zero-order valence-corrected chi connectivity index (χ0v) is 20.9. The van der Waals surface area contributed by atoms with Crippen molar-refractivity contribution in [2.75, 3.05) is 13.2 Å². The van der Waals surface area contributed by atoms with Crippen molar-refractivity contribution in [1.82, 2.24) is 19.5 Å². The maximum Gasteiger partial charge on any atom is 0.296 e. The largest absolute Gasteiger partial charge is 0.456 e. The minimum Gasteiger partial charge on any atom is -0.456 e. The van der Waals surface area contributed by atoms with Crippen LogP contribution in [0.1, 0.15) is 11.3 Å². The van der Waals surface area contributed by atoms with Crippen LogP contribution in [0.15, 0.2) is 41.3 Å². The van der Waals surface area contributed by atoms with Gasteiger partial charge in [-0.15, -0.1) is 0 Å². The van der Waals surface area contributed by atoms with Crippen molar-refractivity contribution in [1.29, 1.82) is 0 Å². The number of H-pyrrole nitrogens is 1. The SMILES string of the molecule is Cn1ccc(-c2cc(F)c(CCc3nc4nc(O[C@@H]5CO[C@H]6[C@@H]5OC[C@H]6O)[nH]c4cc3Cl)c(F)c2)cc1=O. The number of imidazole rings is 1. The van der Waals surface area contributed by atoms with Gasteiger partial charge >= 0.3 is 0 Å². The Morgan fingerprint density at radius 3 is 2.63 bits per heavy atom. The molecule has 0 amide bonds. The van der Waals surface area contributed by atoms with Crippen LogP contribution in [0.3, 0.4) is 0 Å². The quantitative estimate of drug-likeness (QED) is 0.384. The molecular formula is C26H23ClF2N4O5. The lowest BCUT2D eigenvalue weighted by molar-refractivity contribution is 0.00706. The lowest BCUT2D eigenvalue weighted by Gasteiger charge is -2.15. The molecule has 38 heavy (non-hydrogen) atoms. The first-order valence-electron chi connectivity index (χ1n) is 12.0.